The highest BCUT2D eigenvalue weighted by Gasteiger charge is 2.05. The molecule has 5 heteroatoms. The van der Waals surface area contributed by atoms with Gasteiger partial charge in [0.05, 0.1) is 0 Å². The molecule has 0 radical (unpaired) electrons. The Morgan fingerprint density at radius 3 is 2.67 bits per heavy atom. The first-order valence-corrected chi connectivity index (χ1v) is 6.88. The first-order chi connectivity index (χ1) is 8.70. The lowest BCUT2D eigenvalue weighted by atomic mass is 10.1. The lowest BCUT2D eigenvalue weighted by Crippen LogP contribution is -2.06. The molecule has 0 aliphatic carbocycles. The summed E-state index contributed by atoms with van der Waals surface area (Å²) in [5, 5.41) is 7.89. The second-order valence-electron chi connectivity index (χ2n) is 4.22. The number of nitrogens with one attached hydrogen (secondary N) is 1. The van der Waals surface area contributed by atoms with Gasteiger partial charge < -0.3 is 4.57 Å². The van der Waals surface area contributed by atoms with Gasteiger partial charge in [0.1, 0.15) is 5.82 Å². The van der Waals surface area contributed by atoms with E-state index in [1.165, 1.54) is 5.56 Å². The van der Waals surface area contributed by atoms with E-state index in [-0.39, 0.29) is 0 Å². The summed E-state index contributed by atoms with van der Waals surface area (Å²) >= 11 is 11.1. The number of rotatable bonds is 5. The molecule has 0 saturated heterocycles. The smallest absolute Gasteiger partial charge is 0.195 e. The Balaban J connectivity index is 2.07. The number of H-pyrrole nitrogens is 1. The van der Waals surface area contributed by atoms with Crippen molar-refractivity contribution in [2.24, 2.45) is 0 Å². The van der Waals surface area contributed by atoms with E-state index in [2.05, 4.69) is 21.7 Å². The minimum Gasteiger partial charge on any atom is -0.304 e. The predicted molar refractivity (Wildman–Crippen MR) is 76.6 cm³/mol. The normalized spacial score (nSPS) is 10.8. The van der Waals surface area contributed by atoms with Crippen LogP contribution in [-0.2, 0) is 19.4 Å². The summed E-state index contributed by atoms with van der Waals surface area (Å²) in [6.45, 7) is 2.99. The highest BCUT2D eigenvalue weighted by atomic mass is 35.5. The van der Waals surface area contributed by atoms with Gasteiger partial charge in [-0.2, -0.15) is 5.10 Å². The van der Waals surface area contributed by atoms with Crippen molar-refractivity contribution in [3.63, 3.8) is 0 Å². The number of benzene rings is 1. The van der Waals surface area contributed by atoms with Crippen LogP contribution in [0.1, 0.15) is 24.7 Å². The molecule has 1 heterocycles. The Bertz CT molecular complexity index is 556. The Hall–Kier alpha value is -1.13. The molecule has 1 aromatic carbocycles. The average molecular weight is 282 g/mol. The molecular weight excluding hydrogens is 266 g/mol. The van der Waals surface area contributed by atoms with E-state index < -0.39 is 0 Å². The Morgan fingerprint density at radius 1 is 1.28 bits per heavy atom. The van der Waals surface area contributed by atoms with Crippen molar-refractivity contribution in [2.75, 3.05) is 0 Å². The SMILES string of the molecule is CCCc1n[nH]c(=S)n1CCc1ccc(Cl)cc1. The van der Waals surface area contributed by atoms with Gasteiger partial charge in [-0.15, -0.1) is 0 Å². The minimum atomic E-state index is 0.701. The van der Waals surface area contributed by atoms with Crippen LogP contribution in [0.5, 0.6) is 0 Å². The summed E-state index contributed by atoms with van der Waals surface area (Å²) in [6, 6.07) is 7.92. The Labute approximate surface area is 117 Å². The topological polar surface area (TPSA) is 33.6 Å². The highest BCUT2D eigenvalue weighted by Crippen LogP contribution is 2.11. The Kier molecular flexibility index (Phi) is 4.55. The van der Waals surface area contributed by atoms with Crippen LogP contribution in [0, 0.1) is 4.77 Å². The zero-order chi connectivity index (χ0) is 13.0. The van der Waals surface area contributed by atoms with Gasteiger partial charge in [-0.1, -0.05) is 30.7 Å². The molecule has 0 aliphatic rings. The third-order valence-electron chi connectivity index (χ3n) is 2.85. The highest BCUT2D eigenvalue weighted by molar-refractivity contribution is 7.71. The number of aromatic amines is 1. The summed E-state index contributed by atoms with van der Waals surface area (Å²) < 4.78 is 2.78. The van der Waals surface area contributed by atoms with Crippen LogP contribution in [0.4, 0.5) is 0 Å². The fourth-order valence-electron chi connectivity index (χ4n) is 1.89. The van der Waals surface area contributed by atoms with Gasteiger partial charge in [-0.05, 0) is 42.8 Å². The number of aromatic nitrogens is 3. The number of hydrogen-bond acceptors (Lipinski definition) is 2. The molecule has 0 fully saturated rings. The minimum absolute atomic E-state index is 0.701. The van der Waals surface area contributed by atoms with Crippen molar-refractivity contribution in [2.45, 2.75) is 32.7 Å². The maximum absolute atomic E-state index is 5.87. The molecule has 0 spiro atoms. The van der Waals surface area contributed by atoms with Gasteiger partial charge >= 0.3 is 0 Å². The molecule has 3 nitrogen and oxygen atoms in total. The second kappa shape index (κ2) is 6.16. The Morgan fingerprint density at radius 2 is 2.00 bits per heavy atom. The molecule has 0 unspecified atom stereocenters. The van der Waals surface area contributed by atoms with Gasteiger partial charge in [-0.25, -0.2) is 0 Å². The number of nitrogens with zero attached hydrogens (tertiary/aromatic N) is 2. The summed E-state index contributed by atoms with van der Waals surface area (Å²) in [7, 11) is 0. The van der Waals surface area contributed by atoms with E-state index in [4.69, 9.17) is 23.8 Å². The largest absolute Gasteiger partial charge is 0.304 e. The molecule has 0 atom stereocenters. The van der Waals surface area contributed by atoms with Crippen molar-refractivity contribution in [1.29, 1.82) is 0 Å². The molecular formula is C13H16ClN3S. The number of hydrogen-bond donors (Lipinski definition) is 1. The molecule has 96 valence electrons. The van der Waals surface area contributed by atoms with Gasteiger partial charge in [0.2, 0.25) is 0 Å². The molecule has 2 rings (SSSR count). The molecule has 18 heavy (non-hydrogen) atoms. The van der Waals surface area contributed by atoms with Crippen LogP contribution < -0.4 is 0 Å². The van der Waals surface area contributed by atoms with E-state index in [1.807, 2.05) is 24.3 Å². The predicted octanol–water partition coefficient (Wildman–Crippen LogP) is 3.79. The molecule has 2 aromatic rings. The summed E-state index contributed by atoms with van der Waals surface area (Å²) in [4.78, 5) is 0. The van der Waals surface area contributed by atoms with Crippen molar-refractivity contribution in [3.05, 3.63) is 45.4 Å². The van der Waals surface area contributed by atoms with Crippen LogP contribution in [0.25, 0.3) is 0 Å². The maximum Gasteiger partial charge on any atom is 0.195 e. The van der Waals surface area contributed by atoms with E-state index in [1.54, 1.807) is 0 Å². The number of aryl methyl sites for hydroxylation is 2. The van der Waals surface area contributed by atoms with Gasteiger partial charge in [0.15, 0.2) is 4.77 Å². The monoisotopic (exact) mass is 281 g/mol. The fraction of sp³-hybridized carbons (Fsp3) is 0.385. The molecule has 1 N–H and O–H groups in total. The van der Waals surface area contributed by atoms with Crippen LogP contribution in [0.15, 0.2) is 24.3 Å². The molecule has 1 aromatic heterocycles. The lowest BCUT2D eigenvalue weighted by molar-refractivity contribution is 0.636. The quantitative estimate of drug-likeness (QED) is 0.846. The third-order valence-corrected chi connectivity index (χ3v) is 3.41. The zero-order valence-corrected chi connectivity index (χ0v) is 11.9. The summed E-state index contributed by atoms with van der Waals surface area (Å²) in [5.74, 6) is 1.04. The fourth-order valence-corrected chi connectivity index (χ4v) is 2.26. The van der Waals surface area contributed by atoms with Gasteiger partial charge in [0, 0.05) is 18.0 Å². The maximum atomic E-state index is 5.87. The molecule has 0 bridgehead atoms. The van der Waals surface area contributed by atoms with Crippen LogP contribution in [0.2, 0.25) is 5.02 Å². The summed E-state index contributed by atoms with van der Waals surface area (Å²) in [5.41, 5.74) is 1.25. The zero-order valence-electron chi connectivity index (χ0n) is 10.3. The average Bonchev–Trinajstić information content (AvgIpc) is 2.71. The van der Waals surface area contributed by atoms with Crippen LogP contribution in [-0.4, -0.2) is 14.8 Å². The van der Waals surface area contributed by atoms with Crippen molar-refractivity contribution < 1.29 is 0 Å². The van der Waals surface area contributed by atoms with E-state index in [0.29, 0.717) is 4.77 Å². The van der Waals surface area contributed by atoms with E-state index in [0.717, 1.165) is 36.7 Å². The van der Waals surface area contributed by atoms with Gasteiger partial charge in [0.25, 0.3) is 0 Å². The van der Waals surface area contributed by atoms with Crippen molar-refractivity contribution in [3.8, 4) is 0 Å². The van der Waals surface area contributed by atoms with Gasteiger partial charge in [-0.3, -0.25) is 5.10 Å². The second-order valence-corrected chi connectivity index (χ2v) is 5.05. The lowest BCUT2D eigenvalue weighted by Gasteiger charge is -2.06. The van der Waals surface area contributed by atoms with E-state index >= 15 is 0 Å². The van der Waals surface area contributed by atoms with Crippen LogP contribution in [0.3, 0.4) is 0 Å². The molecule has 0 saturated carbocycles. The third kappa shape index (κ3) is 3.21. The summed E-state index contributed by atoms with van der Waals surface area (Å²) in [6.07, 6.45) is 2.95. The first-order valence-electron chi connectivity index (χ1n) is 6.09. The molecule has 0 amide bonds. The number of halogens is 1. The van der Waals surface area contributed by atoms with E-state index in [9.17, 15) is 0 Å². The van der Waals surface area contributed by atoms with Crippen molar-refractivity contribution in [1.82, 2.24) is 14.8 Å². The standard InChI is InChI=1S/C13H16ClN3S/c1-2-3-12-15-16-13(18)17(12)9-8-10-4-6-11(14)7-5-10/h4-7H,2-3,8-9H2,1H3,(H,16,18). The van der Waals surface area contributed by atoms with Crippen LogP contribution >= 0.6 is 23.8 Å². The first kappa shape index (κ1) is 13.3. The molecule has 0 aliphatic heterocycles. The van der Waals surface area contributed by atoms with Crippen molar-refractivity contribution >= 4 is 23.8 Å².